The first-order chi connectivity index (χ1) is 8.78. The molecule has 1 atom stereocenters. The topological polar surface area (TPSA) is 75.4 Å². The molecule has 0 saturated heterocycles. The summed E-state index contributed by atoms with van der Waals surface area (Å²) < 4.78 is 0. The zero-order valence-electron chi connectivity index (χ0n) is 12.4. The lowest BCUT2D eigenvalue weighted by molar-refractivity contribution is -0.124. The molecular formula is C14H28N2O2S. The predicted octanol–water partition coefficient (Wildman–Crippen LogP) is 1.51. The molecule has 1 aliphatic rings. The molecule has 0 bridgehead atoms. The number of amides is 1. The third-order valence-corrected chi connectivity index (χ3v) is 4.74. The van der Waals surface area contributed by atoms with Gasteiger partial charge in [0.2, 0.25) is 5.91 Å². The molecule has 0 unspecified atom stereocenters. The highest BCUT2D eigenvalue weighted by atomic mass is 32.2. The van der Waals surface area contributed by atoms with Gasteiger partial charge in [-0.3, -0.25) is 4.79 Å². The molecule has 0 aliphatic heterocycles. The molecule has 5 heteroatoms. The number of hydrogen-bond acceptors (Lipinski definition) is 4. The average Bonchev–Trinajstić information content (AvgIpc) is 2.37. The first-order valence-corrected chi connectivity index (χ1v) is 8.42. The van der Waals surface area contributed by atoms with Crippen molar-refractivity contribution in [2.75, 3.05) is 18.6 Å². The number of nitrogens with two attached hydrogens (primary N) is 1. The zero-order valence-corrected chi connectivity index (χ0v) is 13.2. The molecule has 112 valence electrons. The smallest absolute Gasteiger partial charge is 0.237 e. The number of nitrogens with one attached hydrogen (secondary N) is 1. The Bertz CT molecular complexity index is 298. The Labute approximate surface area is 120 Å². The molecule has 0 heterocycles. The summed E-state index contributed by atoms with van der Waals surface area (Å²) in [7, 11) is 0. The van der Waals surface area contributed by atoms with Crippen molar-refractivity contribution in [1.82, 2.24) is 5.32 Å². The van der Waals surface area contributed by atoms with Crippen LogP contribution in [0, 0.1) is 5.41 Å². The van der Waals surface area contributed by atoms with Crippen LogP contribution in [0.5, 0.6) is 0 Å². The van der Waals surface area contributed by atoms with Crippen molar-refractivity contribution in [3.63, 3.8) is 0 Å². The Morgan fingerprint density at radius 3 is 2.47 bits per heavy atom. The average molecular weight is 288 g/mol. The van der Waals surface area contributed by atoms with E-state index >= 15 is 0 Å². The maximum Gasteiger partial charge on any atom is 0.237 e. The third-order valence-electron chi connectivity index (χ3n) is 4.10. The predicted molar refractivity (Wildman–Crippen MR) is 81.2 cm³/mol. The maximum absolute atomic E-state index is 11.8. The van der Waals surface area contributed by atoms with E-state index in [4.69, 9.17) is 5.73 Å². The summed E-state index contributed by atoms with van der Waals surface area (Å²) in [6.07, 6.45) is 6.17. The first kappa shape index (κ1) is 16.8. The monoisotopic (exact) mass is 288 g/mol. The van der Waals surface area contributed by atoms with Crippen LogP contribution >= 0.6 is 11.8 Å². The molecule has 4 nitrogen and oxygen atoms in total. The van der Waals surface area contributed by atoms with E-state index in [2.05, 4.69) is 19.2 Å². The van der Waals surface area contributed by atoms with Gasteiger partial charge >= 0.3 is 0 Å². The lowest BCUT2D eigenvalue weighted by atomic mass is 9.71. The maximum atomic E-state index is 11.8. The van der Waals surface area contributed by atoms with Crippen LogP contribution in [0.25, 0.3) is 0 Å². The number of aliphatic hydroxyl groups is 1. The molecule has 1 amide bonds. The zero-order chi connectivity index (χ0) is 14.5. The van der Waals surface area contributed by atoms with Crippen LogP contribution in [0.2, 0.25) is 0 Å². The van der Waals surface area contributed by atoms with Gasteiger partial charge in [-0.25, -0.2) is 0 Å². The molecule has 1 rings (SSSR count). The molecular weight excluding hydrogens is 260 g/mol. The lowest BCUT2D eigenvalue weighted by Crippen LogP contribution is -2.50. The summed E-state index contributed by atoms with van der Waals surface area (Å²) in [4.78, 5) is 11.8. The highest BCUT2D eigenvalue weighted by molar-refractivity contribution is 7.98. The van der Waals surface area contributed by atoms with Crippen LogP contribution in [0.4, 0.5) is 0 Å². The minimum atomic E-state index is -0.746. The van der Waals surface area contributed by atoms with E-state index in [1.807, 2.05) is 6.26 Å². The molecule has 0 aromatic heterocycles. The van der Waals surface area contributed by atoms with E-state index in [0.717, 1.165) is 31.4 Å². The Morgan fingerprint density at radius 2 is 1.95 bits per heavy atom. The molecule has 4 N–H and O–H groups in total. The van der Waals surface area contributed by atoms with Crippen LogP contribution in [0.1, 0.15) is 46.0 Å². The van der Waals surface area contributed by atoms with Gasteiger partial charge in [0.25, 0.3) is 0 Å². The van der Waals surface area contributed by atoms with Gasteiger partial charge in [-0.05, 0) is 49.5 Å². The van der Waals surface area contributed by atoms with Crippen molar-refractivity contribution < 1.29 is 9.90 Å². The fourth-order valence-corrected chi connectivity index (χ4v) is 2.82. The largest absolute Gasteiger partial charge is 0.388 e. The molecule has 0 radical (unpaired) electrons. The van der Waals surface area contributed by atoms with Crippen LogP contribution < -0.4 is 11.1 Å². The highest BCUT2D eigenvalue weighted by Crippen LogP contribution is 2.39. The second kappa shape index (κ2) is 6.95. The Morgan fingerprint density at radius 1 is 1.37 bits per heavy atom. The molecule has 19 heavy (non-hydrogen) atoms. The second-order valence-corrected chi connectivity index (χ2v) is 7.48. The molecule has 1 aliphatic carbocycles. The van der Waals surface area contributed by atoms with Gasteiger partial charge < -0.3 is 16.2 Å². The number of carbonyl (C=O) groups is 1. The minimum Gasteiger partial charge on any atom is -0.388 e. The summed E-state index contributed by atoms with van der Waals surface area (Å²) in [5.74, 6) is 0.736. The van der Waals surface area contributed by atoms with E-state index in [0.29, 0.717) is 18.4 Å². The molecule has 0 aromatic rings. The Kier molecular flexibility index (Phi) is 6.15. The number of carbonyl (C=O) groups excluding carboxylic acids is 1. The number of rotatable bonds is 6. The minimum absolute atomic E-state index is 0.146. The standard InChI is InChI=1S/C14H28N2O2S/c1-13(2)5-7-14(18,8-6-13)10-16-12(17)11(15)4-9-19-3/h11,18H,4-10,15H2,1-3H3,(H,16,17)/t11-/m0/s1. The highest BCUT2D eigenvalue weighted by Gasteiger charge is 2.36. The Balaban J connectivity index is 2.33. The van der Waals surface area contributed by atoms with E-state index in [1.165, 1.54) is 0 Å². The van der Waals surface area contributed by atoms with Gasteiger partial charge in [-0.15, -0.1) is 0 Å². The van der Waals surface area contributed by atoms with Crippen molar-refractivity contribution in [2.24, 2.45) is 11.1 Å². The fraction of sp³-hybridized carbons (Fsp3) is 0.929. The molecule has 0 spiro atoms. The van der Waals surface area contributed by atoms with E-state index < -0.39 is 11.6 Å². The summed E-state index contributed by atoms with van der Waals surface area (Å²) in [6, 6.07) is -0.462. The van der Waals surface area contributed by atoms with Gasteiger partial charge in [0.1, 0.15) is 0 Å². The van der Waals surface area contributed by atoms with Crippen molar-refractivity contribution in [3.05, 3.63) is 0 Å². The summed E-state index contributed by atoms with van der Waals surface area (Å²) in [6.45, 7) is 4.78. The summed E-state index contributed by atoms with van der Waals surface area (Å²) >= 11 is 1.68. The molecule has 1 fully saturated rings. The molecule has 1 saturated carbocycles. The normalized spacial score (nSPS) is 22.8. The van der Waals surface area contributed by atoms with Crippen molar-refractivity contribution >= 4 is 17.7 Å². The summed E-state index contributed by atoms with van der Waals surface area (Å²) in [5, 5.41) is 13.3. The van der Waals surface area contributed by atoms with Gasteiger partial charge in [0.05, 0.1) is 11.6 Å². The van der Waals surface area contributed by atoms with E-state index in [9.17, 15) is 9.90 Å². The lowest BCUT2D eigenvalue weighted by Gasteiger charge is -2.40. The van der Waals surface area contributed by atoms with Crippen LogP contribution in [0.3, 0.4) is 0 Å². The van der Waals surface area contributed by atoms with Crippen molar-refractivity contribution in [2.45, 2.75) is 57.6 Å². The fourth-order valence-electron chi connectivity index (χ4n) is 2.33. The number of thioether (sulfide) groups is 1. The number of hydrogen-bond donors (Lipinski definition) is 3. The van der Waals surface area contributed by atoms with Crippen molar-refractivity contribution in [3.8, 4) is 0 Å². The SMILES string of the molecule is CSCC[C@H](N)C(=O)NCC1(O)CCC(C)(C)CC1. The van der Waals surface area contributed by atoms with Gasteiger partial charge in [-0.2, -0.15) is 11.8 Å². The van der Waals surface area contributed by atoms with Crippen LogP contribution in [0.15, 0.2) is 0 Å². The van der Waals surface area contributed by atoms with E-state index in [-0.39, 0.29) is 5.91 Å². The molecule has 0 aromatic carbocycles. The second-order valence-electron chi connectivity index (χ2n) is 6.49. The van der Waals surface area contributed by atoms with Gasteiger partial charge in [0.15, 0.2) is 0 Å². The third kappa shape index (κ3) is 5.71. The van der Waals surface area contributed by atoms with Crippen LogP contribution in [-0.2, 0) is 4.79 Å². The van der Waals surface area contributed by atoms with Crippen LogP contribution in [-0.4, -0.2) is 41.2 Å². The quantitative estimate of drug-likeness (QED) is 0.692. The van der Waals surface area contributed by atoms with Gasteiger partial charge in [0, 0.05) is 6.54 Å². The first-order valence-electron chi connectivity index (χ1n) is 7.03. The van der Waals surface area contributed by atoms with Crippen molar-refractivity contribution in [1.29, 1.82) is 0 Å². The summed E-state index contributed by atoms with van der Waals surface area (Å²) in [5.41, 5.74) is 5.36. The van der Waals surface area contributed by atoms with E-state index in [1.54, 1.807) is 11.8 Å². The van der Waals surface area contributed by atoms with Gasteiger partial charge in [-0.1, -0.05) is 13.8 Å². The Hall–Kier alpha value is -0.260.